The molecular weight excluding hydrogens is 355 g/mol. The van der Waals surface area contributed by atoms with E-state index >= 15 is 0 Å². The molecule has 136 valence electrons. The highest BCUT2D eigenvalue weighted by Gasteiger charge is 2.40. The molecule has 1 unspecified atom stereocenters. The second-order valence-electron chi connectivity index (χ2n) is 6.78. The van der Waals surface area contributed by atoms with Gasteiger partial charge in [-0.05, 0) is 54.7 Å². The maximum absolute atomic E-state index is 13.2. The Hall–Kier alpha value is -2.25. The molecule has 0 bridgehead atoms. The van der Waals surface area contributed by atoms with E-state index in [1.54, 1.807) is 0 Å². The fourth-order valence-electron chi connectivity index (χ4n) is 3.24. The standard InChI is InChI=1S/C19H19FN2O3S/c20-15-5-9-17(10-6-15)26(24,25)22-12-14-4-2-1-3-13(14)11-18(22)19(23)21-16-7-8-16/h1-6,9-10,16,18H,7-8,11-12H2,(H,21,23). The van der Waals surface area contributed by atoms with Gasteiger partial charge < -0.3 is 5.32 Å². The van der Waals surface area contributed by atoms with Crippen LogP contribution in [0.15, 0.2) is 53.4 Å². The van der Waals surface area contributed by atoms with Crippen molar-refractivity contribution in [3.8, 4) is 0 Å². The number of carbonyl (C=O) groups excluding carboxylic acids is 1. The number of benzene rings is 2. The third-order valence-electron chi connectivity index (χ3n) is 4.85. The van der Waals surface area contributed by atoms with Crippen LogP contribution in [0.4, 0.5) is 4.39 Å². The first-order valence-electron chi connectivity index (χ1n) is 8.60. The molecule has 1 N–H and O–H groups in total. The molecule has 2 aromatic carbocycles. The lowest BCUT2D eigenvalue weighted by atomic mass is 9.95. The predicted octanol–water partition coefficient (Wildman–Crippen LogP) is 2.22. The normalized spacial score (nSPS) is 20.4. The topological polar surface area (TPSA) is 66.5 Å². The number of nitrogens with zero attached hydrogens (tertiary/aromatic N) is 1. The van der Waals surface area contributed by atoms with Crippen LogP contribution in [-0.4, -0.2) is 30.7 Å². The fourth-order valence-corrected chi connectivity index (χ4v) is 4.81. The van der Waals surface area contributed by atoms with E-state index in [0.717, 1.165) is 36.1 Å². The lowest BCUT2D eigenvalue weighted by Crippen LogP contribution is -2.52. The third kappa shape index (κ3) is 3.24. The summed E-state index contributed by atoms with van der Waals surface area (Å²) in [4.78, 5) is 12.7. The van der Waals surface area contributed by atoms with Crippen LogP contribution in [-0.2, 0) is 27.8 Å². The van der Waals surface area contributed by atoms with Gasteiger partial charge in [-0.25, -0.2) is 12.8 Å². The number of halogens is 1. The summed E-state index contributed by atoms with van der Waals surface area (Å²) in [7, 11) is -3.93. The van der Waals surface area contributed by atoms with Crippen LogP contribution >= 0.6 is 0 Å². The Balaban J connectivity index is 1.72. The van der Waals surface area contributed by atoms with Gasteiger partial charge in [0.1, 0.15) is 11.9 Å². The van der Waals surface area contributed by atoms with Crippen LogP contribution in [0.3, 0.4) is 0 Å². The Morgan fingerprint density at radius 3 is 2.35 bits per heavy atom. The number of carbonyl (C=O) groups is 1. The molecule has 1 atom stereocenters. The van der Waals surface area contributed by atoms with Gasteiger partial charge in [-0.15, -0.1) is 0 Å². The molecule has 0 aromatic heterocycles. The van der Waals surface area contributed by atoms with Gasteiger partial charge in [-0.2, -0.15) is 4.31 Å². The van der Waals surface area contributed by atoms with E-state index in [4.69, 9.17) is 0 Å². The van der Waals surface area contributed by atoms with Gasteiger partial charge in [0.15, 0.2) is 0 Å². The van der Waals surface area contributed by atoms with Crippen LogP contribution in [0.25, 0.3) is 0 Å². The minimum absolute atomic E-state index is 0.0116. The minimum atomic E-state index is -3.93. The number of rotatable bonds is 4. The van der Waals surface area contributed by atoms with Crippen molar-refractivity contribution in [1.82, 2.24) is 9.62 Å². The van der Waals surface area contributed by atoms with Gasteiger partial charge in [0.05, 0.1) is 4.90 Å². The largest absolute Gasteiger partial charge is 0.352 e. The minimum Gasteiger partial charge on any atom is -0.352 e. The summed E-state index contributed by atoms with van der Waals surface area (Å²) in [5, 5.41) is 2.91. The van der Waals surface area contributed by atoms with E-state index in [1.165, 1.54) is 16.4 Å². The summed E-state index contributed by atoms with van der Waals surface area (Å²) in [5.74, 6) is -0.774. The Kier molecular flexibility index (Phi) is 4.28. The summed E-state index contributed by atoms with van der Waals surface area (Å²) in [6.45, 7) is 0.124. The Bertz CT molecular complexity index is 940. The van der Waals surface area contributed by atoms with Crippen molar-refractivity contribution in [1.29, 1.82) is 0 Å². The van der Waals surface area contributed by atoms with Gasteiger partial charge in [0.2, 0.25) is 15.9 Å². The van der Waals surface area contributed by atoms with Crippen LogP contribution in [0.1, 0.15) is 24.0 Å². The summed E-state index contributed by atoms with van der Waals surface area (Å²) < 4.78 is 40.7. The molecule has 1 aliphatic heterocycles. The second kappa shape index (κ2) is 6.48. The number of sulfonamides is 1. The quantitative estimate of drug-likeness (QED) is 0.892. The average molecular weight is 374 g/mol. The molecule has 5 nitrogen and oxygen atoms in total. The van der Waals surface area contributed by atoms with Gasteiger partial charge in [0.25, 0.3) is 0 Å². The first-order chi connectivity index (χ1) is 12.4. The molecule has 7 heteroatoms. The van der Waals surface area contributed by atoms with Crippen LogP contribution in [0.5, 0.6) is 0 Å². The van der Waals surface area contributed by atoms with E-state index in [2.05, 4.69) is 5.32 Å². The lowest BCUT2D eigenvalue weighted by molar-refractivity contribution is -0.125. The van der Waals surface area contributed by atoms with Crippen molar-refractivity contribution < 1.29 is 17.6 Å². The van der Waals surface area contributed by atoms with E-state index in [-0.39, 0.29) is 23.4 Å². The number of hydrogen-bond donors (Lipinski definition) is 1. The molecule has 2 aliphatic rings. The Labute approximate surface area is 151 Å². The highest BCUT2D eigenvalue weighted by Crippen LogP contribution is 2.30. The molecule has 2 aromatic rings. The smallest absolute Gasteiger partial charge is 0.244 e. The number of amides is 1. The molecule has 1 heterocycles. The molecule has 0 radical (unpaired) electrons. The van der Waals surface area contributed by atoms with Crippen molar-refractivity contribution in [2.75, 3.05) is 0 Å². The van der Waals surface area contributed by atoms with E-state index in [9.17, 15) is 17.6 Å². The number of nitrogens with one attached hydrogen (secondary N) is 1. The van der Waals surface area contributed by atoms with E-state index in [0.29, 0.717) is 6.42 Å². The van der Waals surface area contributed by atoms with Gasteiger partial charge in [0, 0.05) is 12.6 Å². The molecule has 0 saturated heterocycles. The summed E-state index contributed by atoms with van der Waals surface area (Å²) >= 11 is 0. The summed E-state index contributed by atoms with van der Waals surface area (Å²) in [6, 6.07) is 11.6. The zero-order valence-electron chi connectivity index (χ0n) is 14.1. The predicted molar refractivity (Wildman–Crippen MR) is 94.2 cm³/mol. The van der Waals surface area contributed by atoms with Crippen molar-refractivity contribution in [2.24, 2.45) is 0 Å². The zero-order chi connectivity index (χ0) is 18.3. The van der Waals surface area contributed by atoms with E-state index < -0.39 is 21.9 Å². The maximum Gasteiger partial charge on any atom is 0.244 e. The molecule has 1 saturated carbocycles. The molecular formula is C19H19FN2O3S. The van der Waals surface area contributed by atoms with Gasteiger partial charge in [-0.3, -0.25) is 4.79 Å². The molecule has 0 spiro atoms. The fraction of sp³-hybridized carbons (Fsp3) is 0.316. The highest BCUT2D eigenvalue weighted by molar-refractivity contribution is 7.89. The van der Waals surface area contributed by atoms with Crippen LogP contribution in [0, 0.1) is 5.82 Å². The first kappa shape index (κ1) is 17.2. The average Bonchev–Trinajstić information content (AvgIpc) is 3.45. The SMILES string of the molecule is O=C(NC1CC1)C1Cc2ccccc2CN1S(=O)(=O)c1ccc(F)cc1. The van der Waals surface area contributed by atoms with E-state index in [1.807, 2.05) is 24.3 Å². The molecule has 1 aliphatic carbocycles. The van der Waals surface area contributed by atoms with Crippen molar-refractivity contribution >= 4 is 15.9 Å². The highest BCUT2D eigenvalue weighted by atomic mass is 32.2. The molecule has 26 heavy (non-hydrogen) atoms. The van der Waals surface area contributed by atoms with Crippen LogP contribution < -0.4 is 5.32 Å². The van der Waals surface area contributed by atoms with Crippen molar-refractivity contribution in [3.63, 3.8) is 0 Å². The first-order valence-corrected chi connectivity index (χ1v) is 10.0. The van der Waals surface area contributed by atoms with Crippen molar-refractivity contribution in [3.05, 3.63) is 65.5 Å². The molecule has 1 amide bonds. The number of hydrogen-bond acceptors (Lipinski definition) is 3. The van der Waals surface area contributed by atoms with Gasteiger partial charge in [-0.1, -0.05) is 24.3 Å². The second-order valence-corrected chi connectivity index (χ2v) is 8.67. The lowest BCUT2D eigenvalue weighted by Gasteiger charge is -2.35. The Morgan fingerprint density at radius 1 is 1.04 bits per heavy atom. The van der Waals surface area contributed by atoms with Crippen molar-refractivity contribution in [2.45, 2.75) is 42.8 Å². The van der Waals surface area contributed by atoms with Crippen LogP contribution in [0.2, 0.25) is 0 Å². The third-order valence-corrected chi connectivity index (χ3v) is 6.72. The monoisotopic (exact) mass is 374 g/mol. The molecule has 4 rings (SSSR count). The zero-order valence-corrected chi connectivity index (χ0v) is 14.9. The Morgan fingerprint density at radius 2 is 1.69 bits per heavy atom. The maximum atomic E-state index is 13.2. The summed E-state index contributed by atoms with van der Waals surface area (Å²) in [6.07, 6.45) is 2.19. The molecule has 1 fully saturated rings. The summed E-state index contributed by atoms with van der Waals surface area (Å²) in [5.41, 5.74) is 1.86. The van der Waals surface area contributed by atoms with Gasteiger partial charge >= 0.3 is 0 Å². The number of fused-ring (bicyclic) bond motifs is 1.